The molecule has 1 aliphatic heterocycles. The smallest absolute Gasteiger partial charge is 0.253 e. The van der Waals surface area contributed by atoms with Gasteiger partial charge < -0.3 is 10.0 Å². The lowest BCUT2D eigenvalue weighted by atomic mass is 9.44. The van der Waals surface area contributed by atoms with Gasteiger partial charge in [0, 0.05) is 50.1 Å². The number of carbonyl (C=O) groups excluding carboxylic acids is 2. The fourth-order valence-electron chi connectivity index (χ4n) is 9.53. The number of benzene rings is 1. The van der Waals surface area contributed by atoms with Gasteiger partial charge in [0.25, 0.3) is 5.91 Å². The predicted molar refractivity (Wildman–Crippen MR) is 140 cm³/mol. The molecule has 4 aliphatic carbocycles. The normalized spacial score (nSPS) is 43.0. The van der Waals surface area contributed by atoms with E-state index in [1.54, 1.807) is 0 Å². The van der Waals surface area contributed by atoms with Crippen molar-refractivity contribution in [3.05, 3.63) is 35.9 Å². The quantitative estimate of drug-likeness (QED) is 0.659. The van der Waals surface area contributed by atoms with E-state index in [4.69, 9.17) is 0 Å². The standard InChI is InChI=1S/C31H44N2O3/c1-29-14-15-31(36,21-32-16-18-33(19-17-32)28(35)22-6-4-3-5-7-22)20-23(29)8-9-24-25-10-11-27(34)30(25,2)13-12-26(24)29/h3-7,23-26,36H,8-21H2,1-2H3/t23?,24-,25-,26+,29-,30-,31?/m0/s1. The third-order valence-corrected chi connectivity index (χ3v) is 11.7. The van der Waals surface area contributed by atoms with Crippen LogP contribution in [0.15, 0.2) is 30.3 Å². The molecule has 4 saturated carbocycles. The van der Waals surface area contributed by atoms with Gasteiger partial charge in [-0.2, -0.15) is 0 Å². The van der Waals surface area contributed by atoms with Gasteiger partial charge in [-0.1, -0.05) is 32.0 Å². The Labute approximate surface area is 216 Å². The Bertz CT molecular complexity index is 1000. The van der Waals surface area contributed by atoms with Gasteiger partial charge in [0.2, 0.25) is 0 Å². The van der Waals surface area contributed by atoms with E-state index in [0.29, 0.717) is 29.0 Å². The molecule has 2 unspecified atom stereocenters. The summed E-state index contributed by atoms with van der Waals surface area (Å²) in [6, 6.07) is 9.56. The third-order valence-electron chi connectivity index (χ3n) is 11.7. The zero-order chi connectivity index (χ0) is 25.1. The summed E-state index contributed by atoms with van der Waals surface area (Å²) in [5.74, 6) is 3.25. The van der Waals surface area contributed by atoms with Crippen molar-refractivity contribution in [2.75, 3.05) is 32.7 Å². The molecule has 196 valence electrons. The molecule has 5 heteroatoms. The van der Waals surface area contributed by atoms with E-state index in [1.807, 2.05) is 35.2 Å². The highest BCUT2D eigenvalue weighted by molar-refractivity contribution is 5.94. The first-order chi connectivity index (χ1) is 17.2. The lowest BCUT2D eigenvalue weighted by molar-refractivity contribution is -0.157. The van der Waals surface area contributed by atoms with Crippen LogP contribution in [-0.4, -0.2) is 64.9 Å². The minimum absolute atomic E-state index is 0.0518. The Balaban J connectivity index is 1.07. The van der Waals surface area contributed by atoms with Crippen molar-refractivity contribution in [3.63, 3.8) is 0 Å². The highest BCUT2D eigenvalue weighted by Gasteiger charge is 2.61. The number of rotatable bonds is 3. The van der Waals surface area contributed by atoms with E-state index in [-0.39, 0.29) is 11.3 Å². The summed E-state index contributed by atoms with van der Waals surface area (Å²) in [5, 5.41) is 11.8. The Morgan fingerprint density at radius 1 is 0.944 bits per heavy atom. The first kappa shape index (κ1) is 24.6. The second-order valence-corrected chi connectivity index (χ2v) is 13.4. The number of fused-ring (bicyclic) bond motifs is 5. The molecule has 7 atom stereocenters. The number of amides is 1. The molecular weight excluding hydrogens is 448 g/mol. The average molecular weight is 493 g/mol. The molecule has 1 aromatic rings. The summed E-state index contributed by atoms with van der Waals surface area (Å²) >= 11 is 0. The second-order valence-electron chi connectivity index (χ2n) is 13.4. The number of aliphatic hydroxyl groups is 1. The van der Waals surface area contributed by atoms with Crippen LogP contribution >= 0.6 is 0 Å². The molecule has 6 rings (SSSR count). The summed E-state index contributed by atoms with van der Waals surface area (Å²) in [6.07, 6.45) is 9.55. The van der Waals surface area contributed by atoms with Crippen LogP contribution in [0.2, 0.25) is 0 Å². The Morgan fingerprint density at radius 3 is 2.44 bits per heavy atom. The fourth-order valence-corrected chi connectivity index (χ4v) is 9.53. The van der Waals surface area contributed by atoms with Crippen molar-refractivity contribution in [1.82, 2.24) is 9.80 Å². The van der Waals surface area contributed by atoms with E-state index in [0.717, 1.165) is 82.7 Å². The van der Waals surface area contributed by atoms with E-state index >= 15 is 0 Å². The number of carbonyl (C=O) groups is 2. The lowest BCUT2D eigenvalue weighted by Gasteiger charge is -2.61. The monoisotopic (exact) mass is 492 g/mol. The largest absolute Gasteiger partial charge is 0.389 e. The van der Waals surface area contributed by atoms with Crippen LogP contribution in [0, 0.1) is 34.5 Å². The molecule has 1 saturated heterocycles. The zero-order valence-electron chi connectivity index (χ0n) is 22.3. The number of nitrogens with zero attached hydrogens (tertiary/aromatic N) is 2. The molecule has 0 aromatic heterocycles. The van der Waals surface area contributed by atoms with Crippen LogP contribution in [0.3, 0.4) is 0 Å². The molecule has 1 heterocycles. The summed E-state index contributed by atoms with van der Waals surface area (Å²) in [5.41, 5.74) is 0.402. The van der Waals surface area contributed by atoms with Gasteiger partial charge in [-0.15, -0.1) is 0 Å². The molecule has 0 radical (unpaired) electrons. The summed E-state index contributed by atoms with van der Waals surface area (Å²) in [6.45, 7) is 8.66. The minimum atomic E-state index is -0.616. The zero-order valence-corrected chi connectivity index (χ0v) is 22.3. The van der Waals surface area contributed by atoms with Crippen molar-refractivity contribution in [2.24, 2.45) is 34.5 Å². The molecule has 1 aromatic carbocycles. The average Bonchev–Trinajstić information content (AvgIpc) is 3.19. The number of piperazine rings is 1. The maximum Gasteiger partial charge on any atom is 0.253 e. The molecule has 5 fully saturated rings. The molecule has 0 spiro atoms. The van der Waals surface area contributed by atoms with Crippen LogP contribution in [0.1, 0.15) is 82.0 Å². The summed E-state index contributed by atoms with van der Waals surface area (Å²) in [4.78, 5) is 29.9. The van der Waals surface area contributed by atoms with Gasteiger partial charge in [0.05, 0.1) is 5.60 Å². The number of hydrogen-bond donors (Lipinski definition) is 1. The second kappa shape index (κ2) is 8.94. The summed E-state index contributed by atoms with van der Waals surface area (Å²) in [7, 11) is 0. The number of ketones is 1. The minimum Gasteiger partial charge on any atom is -0.389 e. The van der Waals surface area contributed by atoms with Crippen molar-refractivity contribution >= 4 is 11.7 Å². The molecular formula is C31H44N2O3. The van der Waals surface area contributed by atoms with Gasteiger partial charge in [0.15, 0.2) is 0 Å². The first-order valence-electron chi connectivity index (χ1n) is 14.5. The van der Waals surface area contributed by atoms with E-state index in [1.165, 1.54) is 19.3 Å². The van der Waals surface area contributed by atoms with Crippen molar-refractivity contribution < 1.29 is 14.7 Å². The molecule has 1 N–H and O–H groups in total. The lowest BCUT2D eigenvalue weighted by Crippen LogP contribution is -2.59. The topological polar surface area (TPSA) is 60.9 Å². The Morgan fingerprint density at radius 2 is 1.69 bits per heavy atom. The highest BCUT2D eigenvalue weighted by Crippen LogP contribution is 2.66. The van der Waals surface area contributed by atoms with Crippen LogP contribution < -0.4 is 0 Å². The number of Topliss-reactive ketones (excluding diaryl/α,β-unsaturated/α-hetero) is 1. The number of β-amino-alcohol motifs (C(OH)–C–C–N with tert-alkyl or cyclic N) is 1. The van der Waals surface area contributed by atoms with E-state index in [2.05, 4.69) is 18.7 Å². The fraction of sp³-hybridized carbons (Fsp3) is 0.742. The van der Waals surface area contributed by atoms with E-state index in [9.17, 15) is 14.7 Å². The SMILES string of the molecule is C[C@]12CCC(O)(CN3CCN(C(=O)c4ccccc4)CC3)CC1CC[C@@H]1[C@H]2CC[C@]2(C)C(=O)CC[C@@H]12. The van der Waals surface area contributed by atoms with Gasteiger partial charge in [-0.25, -0.2) is 0 Å². The van der Waals surface area contributed by atoms with Gasteiger partial charge in [-0.05, 0) is 92.6 Å². The van der Waals surface area contributed by atoms with Crippen molar-refractivity contribution in [3.8, 4) is 0 Å². The third kappa shape index (κ3) is 3.96. The van der Waals surface area contributed by atoms with E-state index < -0.39 is 5.60 Å². The van der Waals surface area contributed by atoms with Crippen molar-refractivity contribution in [1.29, 1.82) is 0 Å². The predicted octanol–water partition coefficient (Wildman–Crippen LogP) is 4.79. The van der Waals surface area contributed by atoms with Gasteiger partial charge in [-0.3, -0.25) is 14.5 Å². The molecule has 1 amide bonds. The maximum atomic E-state index is 12.8. The Kier molecular flexibility index (Phi) is 6.11. The van der Waals surface area contributed by atoms with Crippen molar-refractivity contribution in [2.45, 2.75) is 77.2 Å². The van der Waals surface area contributed by atoms with Gasteiger partial charge >= 0.3 is 0 Å². The maximum absolute atomic E-state index is 12.8. The molecule has 0 bridgehead atoms. The van der Waals surface area contributed by atoms with Crippen LogP contribution in [0.5, 0.6) is 0 Å². The van der Waals surface area contributed by atoms with Crippen LogP contribution in [-0.2, 0) is 4.79 Å². The van der Waals surface area contributed by atoms with Gasteiger partial charge in [0.1, 0.15) is 5.78 Å². The number of hydrogen-bond acceptors (Lipinski definition) is 4. The molecule has 5 aliphatic rings. The molecule has 5 nitrogen and oxygen atoms in total. The summed E-state index contributed by atoms with van der Waals surface area (Å²) < 4.78 is 0. The molecule has 36 heavy (non-hydrogen) atoms. The van der Waals surface area contributed by atoms with Crippen LogP contribution in [0.25, 0.3) is 0 Å². The van der Waals surface area contributed by atoms with Crippen LogP contribution in [0.4, 0.5) is 0 Å². The first-order valence-corrected chi connectivity index (χ1v) is 14.5. The Hall–Kier alpha value is -1.72. The highest BCUT2D eigenvalue weighted by atomic mass is 16.3.